The molecule has 0 amide bonds. The minimum Gasteiger partial charge on any atom is -1.00 e. The molecule has 0 rings (SSSR count). The van der Waals surface area contributed by atoms with Crippen LogP contribution in [0.3, 0.4) is 0 Å². The summed E-state index contributed by atoms with van der Waals surface area (Å²) in [5.41, 5.74) is 0. The Balaban J connectivity index is -0.00000000750. The van der Waals surface area contributed by atoms with E-state index in [4.69, 9.17) is 14.1 Å². The molecule has 0 fully saturated rings. The van der Waals surface area contributed by atoms with Crippen LogP contribution in [-0.2, 0) is 4.46 Å². The van der Waals surface area contributed by atoms with E-state index in [0.717, 1.165) is 0 Å². The van der Waals surface area contributed by atoms with Crippen molar-refractivity contribution in [1.29, 1.82) is 0 Å². The van der Waals surface area contributed by atoms with Crippen molar-refractivity contribution in [3.05, 3.63) is 0 Å². The van der Waals surface area contributed by atoms with Gasteiger partial charge in [-0.3, -0.25) is 0 Å². The molecule has 0 N–H and O–H groups in total. The van der Waals surface area contributed by atoms with Crippen LogP contribution in [-0.4, -0.2) is 32.2 Å². The normalized spacial score (nSPS) is 3.00. The monoisotopic (exact) mass is 149 g/mol. The van der Waals surface area contributed by atoms with Gasteiger partial charge < -0.3 is 18.8 Å². The van der Waals surface area contributed by atoms with Crippen molar-refractivity contribution in [2.45, 2.75) is 0 Å². The van der Waals surface area contributed by atoms with Crippen molar-refractivity contribution in [2.75, 3.05) is 0 Å². The van der Waals surface area contributed by atoms with E-state index in [1.165, 1.54) is 0 Å². The standard InChI is InChI=1S/FH.Li.Mg.Na.O3Si/c;;;;1-4(2)3/h1H;;;;/q;+1;+2;+1;-2/p-1. The van der Waals surface area contributed by atoms with Gasteiger partial charge in [0.1, 0.15) is 0 Å². The Morgan fingerprint density at radius 1 is 1.25 bits per heavy atom. The van der Waals surface area contributed by atoms with Crippen molar-refractivity contribution in [3.8, 4) is 0 Å². The average Bonchev–Trinajstić information content (AvgIpc) is 0.811. The molecule has 0 unspecified atom stereocenters. The first-order valence-electron chi connectivity index (χ1n) is 0.612. The van der Waals surface area contributed by atoms with E-state index in [1.807, 2.05) is 0 Å². The van der Waals surface area contributed by atoms with Gasteiger partial charge in [-0.1, -0.05) is 0 Å². The molecule has 0 atom stereocenters. The first-order valence-corrected chi connectivity index (χ1v) is 1.84. The third-order valence-electron chi connectivity index (χ3n) is 0. The predicted octanol–water partition coefficient (Wildman–Crippen LogP) is -12.2. The molecule has 0 aromatic heterocycles. The summed E-state index contributed by atoms with van der Waals surface area (Å²) < 4.78 is 8.52. The third-order valence-corrected chi connectivity index (χ3v) is 0. The Hall–Kier alpha value is 1.91. The summed E-state index contributed by atoms with van der Waals surface area (Å²) >= 11 is 0. The van der Waals surface area contributed by atoms with Gasteiger partial charge in [0.05, 0.1) is 0 Å². The van der Waals surface area contributed by atoms with E-state index < -0.39 is 9.17 Å². The second-order valence-corrected chi connectivity index (χ2v) is 0.750. The van der Waals surface area contributed by atoms with Crippen LogP contribution in [0.15, 0.2) is 0 Å². The molecule has 0 spiro atoms. The fraction of sp³-hybridized carbons (Fsp3) is 0. The molecule has 32 valence electrons. The Bertz CT molecular complexity index is 42.3. The van der Waals surface area contributed by atoms with Crippen LogP contribution < -0.4 is 62.7 Å². The van der Waals surface area contributed by atoms with Gasteiger partial charge in [0.15, 0.2) is 0 Å². The molecular weight excluding hydrogens is 149 g/mol. The minimum atomic E-state index is -3.63. The number of hydrogen-bond donors (Lipinski definition) is 0. The average molecular weight is 149 g/mol. The summed E-state index contributed by atoms with van der Waals surface area (Å²) in [6, 6.07) is 0. The van der Waals surface area contributed by atoms with E-state index in [1.54, 1.807) is 0 Å². The SMILES string of the molecule is O=[Si]([O-])[O-].[F-].[Li+].[Mg+2].[Na+]. The predicted molar refractivity (Wildman–Crippen MR) is 12.2 cm³/mol. The van der Waals surface area contributed by atoms with Gasteiger partial charge in [0.2, 0.25) is 0 Å². The molecule has 8 heteroatoms. The van der Waals surface area contributed by atoms with E-state index >= 15 is 0 Å². The number of rotatable bonds is 0. The van der Waals surface area contributed by atoms with Gasteiger partial charge >= 0.3 is 71.5 Å². The number of halogens is 1. The molecule has 0 aliphatic heterocycles. The van der Waals surface area contributed by atoms with E-state index in [2.05, 4.69) is 0 Å². The Labute approximate surface area is 98.1 Å². The van der Waals surface area contributed by atoms with Gasteiger partial charge in [0, 0.05) is 9.17 Å². The molecule has 0 bridgehead atoms. The van der Waals surface area contributed by atoms with E-state index in [-0.39, 0.29) is 76.2 Å². The van der Waals surface area contributed by atoms with Crippen LogP contribution >= 0.6 is 0 Å². The zero-order valence-corrected chi connectivity index (χ0v) is 9.22. The maximum atomic E-state index is 8.52. The van der Waals surface area contributed by atoms with Gasteiger partial charge in [-0.15, -0.1) is 0 Å². The van der Waals surface area contributed by atoms with Crippen LogP contribution in [0.4, 0.5) is 0 Å². The molecule has 0 radical (unpaired) electrons. The molecule has 0 aromatic carbocycles. The molecule has 3 nitrogen and oxygen atoms in total. The summed E-state index contributed by atoms with van der Waals surface area (Å²) in [6.07, 6.45) is 0. The minimum absolute atomic E-state index is 0. The summed E-state index contributed by atoms with van der Waals surface area (Å²) in [4.78, 5) is 17.0. The molecule has 0 heterocycles. The first kappa shape index (κ1) is 32.6. The molecule has 0 aromatic rings. The fourth-order valence-corrected chi connectivity index (χ4v) is 0. The maximum absolute atomic E-state index is 8.52. The smallest absolute Gasteiger partial charge is 1.00 e. The molecule has 0 aliphatic carbocycles. The summed E-state index contributed by atoms with van der Waals surface area (Å²) in [6.45, 7) is 0. The zero-order chi connectivity index (χ0) is 3.58. The van der Waals surface area contributed by atoms with Crippen LogP contribution in [0, 0.1) is 0 Å². The van der Waals surface area contributed by atoms with E-state index in [9.17, 15) is 0 Å². The van der Waals surface area contributed by atoms with Crippen molar-refractivity contribution in [3.63, 3.8) is 0 Å². The topological polar surface area (TPSA) is 63.2 Å². The summed E-state index contributed by atoms with van der Waals surface area (Å²) in [7, 11) is -3.63. The van der Waals surface area contributed by atoms with Crippen molar-refractivity contribution in [1.82, 2.24) is 0 Å². The van der Waals surface area contributed by atoms with Crippen LogP contribution in [0.1, 0.15) is 0 Å². The second kappa shape index (κ2) is 23.1. The van der Waals surface area contributed by atoms with Gasteiger partial charge in [-0.2, -0.15) is 0 Å². The Morgan fingerprint density at radius 3 is 1.25 bits per heavy atom. The van der Waals surface area contributed by atoms with Gasteiger partial charge in [-0.05, 0) is 0 Å². The largest absolute Gasteiger partial charge is 2.00 e. The van der Waals surface area contributed by atoms with Gasteiger partial charge in [0.25, 0.3) is 0 Å². The van der Waals surface area contributed by atoms with Crippen molar-refractivity contribution in [2.24, 2.45) is 0 Å². The molecular formula is FLiMgNaO3Si+. The van der Waals surface area contributed by atoms with Crippen molar-refractivity contribution < 1.29 is 67.2 Å². The molecule has 0 saturated heterocycles. The summed E-state index contributed by atoms with van der Waals surface area (Å²) in [5, 5.41) is 0. The summed E-state index contributed by atoms with van der Waals surface area (Å²) in [5.74, 6) is 0. The first-order chi connectivity index (χ1) is 1.73. The van der Waals surface area contributed by atoms with Gasteiger partial charge in [-0.25, -0.2) is 0 Å². The van der Waals surface area contributed by atoms with Crippen LogP contribution in [0.5, 0.6) is 0 Å². The van der Waals surface area contributed by atoms with Crippen LogP contribution in [0.2, 0.25) is 0 Å². The molecule has 0 aliphatic rings. The Kier molecular flexibility index (Phi) is 94.3. The van der Waals surface area contributed by atoms with Crippen molar-refractivity contribution >= 4 is 32.2 Å². The fourth-order valence-electron chi connectivity index (χ4n) is 0. The molecule has 8 heavy (non-hydrogen) atoms. The van der Waals surface area contributed by atoms with E-state index in [0.29, 0.717) is 0 Å². The zero-order valence-electron chi connectivity index (χ0n) is 4.81. The second-order valence-electron chi connectivity index (χ2n) is 0.250. The maximum Gasteiger partial charge on any atom is 2.00 e. The molecule has 0 saturated carbocycles. The third kappa shape index (κ3) is 103. The number of hydrogen-bond acceptors (Lipinski definition) is 3. The van der Waals surface area contributed by atoms with Crippen LogP contribution in [0.25, 0.3) is 0 Å². The quantitative estimate of drug-likeness (QED) is 0.321. The Morgan fingerprint density at radius 2 is 1.25 bits per heavy atom.